The first-order valence-corrected chi connectivity index (χ1v) is 9.54. The molecule has 1 N–H and O–H groups in total. The molecule has 0 saturated carbocycles. The Morgan fingerprint density at radius 3 is 2.62 bits per heavy atom. The van der Waals surface area contributed by atoms with Gasteiger partial charge in [0.2, 0.25) is 0 Å². The molecule has 0 unspecified atom stereocenters. The summed E-state index contributed by atoms with van der Waals surface area (Å²) < 4.78 is 27.6. The number of aromatic carboxylic acids is 1. The second-order valence-electron chi connectivity index (χ2n) is 6.30. The Morgan fingerprint density at radius 2 is 2.00 bits per heavy atom. The van der Waals surface area contributed by atoms with E-state index >= 15 is 0 Å². The predicted octanol–water partition coefficient (Wildman–Crippen LogP) is 1.79. The van der Waals surface area contributed by atoms with Gasteiger partial charge in [-0.25, -0.2) is 4.79 Å². The van der Waals surface area contributed by atoms with Crippen LogP contribution in [0.15, 0.2) is 36.8 Å². The normalized spacial score (nSPS) is 18.3. The molecule has 2 aromatic heterocycles. The van der Waals surface area contributed by atoms with E-state index in [2.05, 4.69) is 9.97 Å². The summed E-state index contributed by atoms with van der Waals surface area (Å²) in [7, 11) is -0.465. The fourth-order valence-corrected chi connectivity index (χ4v) is 4.32. The summed E-state index contributed by atoms with van der Waals surface area (Å²) in [5.41, 5.74) is 2.15. The number of hydrogen-bond donors (Lipinski definition) is 1. The molecule has 1 atom stereocenters. The molecule has 1 aliphatic heterocycles. The lowest BCUT2D eigenvalue weighted by atomic mass is 10.1. The van der Waals surface area contributed by atoms with Crippen LogP contribution in [0.5, 0.6) is 0 Å². The molecular formula is C17H20N4O4S. The van der Waals surface area contributed by atoms with Gasteiger partial charge < -0.3 is 5.11 Å². The van der Waals surface area contributed by atoms with Crippen LogP contribution in [0.3, 0.4) is 0 Å². The Balaban J connectivity index is 1.88. The summed E-state index contributed by atoms with van der Waals surface area (Å²) in [6, 6.07) is 4.84. The van der Waals surface area contributed by atoms with Crippen LogP contribution in [0.4, 0.5) is 0 Å². The van der Waals surface area contributed by atoms with E-state index < -0.39 is 16.2 Å². The average Bonchev–Trinajstić information content (AvgIpc) is 3.12. The van der Waals surface area contributed by atoms with Crippen LogP contribution < -0.4 is 0 Å². The van der Waals surface area contributed by atoms with Gasteiger partial charge in [-0.3, -0.25) is 9.97 Å². The van der Waals surface area contributed by atoms with Crippen LogP contribution in [0.1, 0.15) is 34.9 Å². The zero-order valence-electron chi connectivity index (χ0n) is 14.5. The van der Waals surface area contributed by atoms with Crippen molar-refractivity contribution in [3.05, 3.63) is 48.0 Å². The molecule has 3 heterocycles. The molecule has 0 radical (unpaired) electrons. The Bertz CT molecular complexity index is 913. The Kier molecular flexibility index (Phi) is 5.03. The van der Waals surface area contributed by atoms with Crippen LogP contribution in [-0.2, 0) is 10.2 Å². The van der Waals surface area contributed by atoms with Crippen molar-refractivity contribution in [2.24, 2.45) is 0 Å². The highest BCUT2D eigenvalue weighted by Gasteiger charge is 2.37. The van der Waals surface area contributed by atoms with E-state index in [9.17, 15) is 13.2 Å². The maximum absolute atomic E-state index is 12.5. The zero-order chi connectivity index (χ0) is 18.9. The van der Waals surface area contributed by atoms with Crippen molar-refractivity contribution in [3.8, 4) is 11.1 Å². The third-order valence-electron chi connectivity index (χ3n) is 4.41. The third kappa shape index (κ3) is 3.46. The van der Waals surface area contributed by atoms with E-state index in [1.807, 2.05) is 6.07 Å². The minimum atomic E-state index is -3.50. The van der Waals surface area contributed by atoms with Gasteiger partial charge in [-0.2, -0.15) is 17.0 Å². The van der Waals surface area contributed by atoms with Crippen molar-refractivity contribution in [2.45, 2.75) is 18.9 Å². The van der Waals surface area contributed by atoms with Gasteiger partial charge in [0, 0.05) is 50.4 Å². The first-order valence-electron chi connectivity index (χ1n) is 8.14. The highest BCUT2D eigenvalue weighted by molar-refractivity contribution is 7.86. The second-order valence-corrected chi connectivity index (χ2v) is 8.39. The standard InChI is InChI=1S/C17H20N4O4S/c1-20(2)26(24,25)21-7-3-4-16(21)15-6-5-12(11-19-15)13-8-14(17(22)23)10-18-9-13/h5-6,8-11,16H,3-4,7H2,1-2H3,(H,22,23)/t16-/m0/s1. The molecule has 1 aliphatic rings. The van der Waals surface area contributed by atoms with Crippen molar-refractivity contribution >= 4 is 16.2 Å². The molecule has 0 aliphatic carbocycles. The number of nitrogens with zero attached hydrogens (tertiary/aromatic N) is 4. The first kappa shape index (κ1) is 18.4. The minimum absolute atomic E-state index is 0.102. The van der Waals surface area contributed by atoms with Crippen molar-refractivity contribution in [1.29, 1.82) is 0 Å². The zero-order valence-corrected chi connectivity index (χ0v) is 15.3. The molecule has 1 fully saturated rings. The number of hydrogen-bond acceptors (Lipinski definition) is 5. The lowest BCUT2D eigenvalue weighted by Crippen LogP contribution is -2.39. The fraction of sp³-hybridized carbons (Fsp3) is 0.353. The summed E-state index contributed by atoms with van der Waals surface area (Å²) in [5.74, 6) is -1.04. The van der Waals surface area contributed by atoms with Gasteiger partial charge in [-0.05, 0) is 25.0 Å². The number of carboxylic acids is 1. The molecule has 9 heteroatoms. The number of carbonyl (C=O) groups is 1. The lowest BCUT2D eigenvalue weighted by Gasteiger charge is -2.26. The van der Waals surface area contributed by atoms with Gasteiger partial charge >= 0.3 is 5.97 Å². The number of carboxylic acid groups (broad SMARTS) is 1. The summed E-state index contributed by atoms with van der Waals surface area (Å²) in [5, 5.41) is 9.07. The van der Waals surface area contributed by atoms with Crippen LogP contribution in [0.2, 0.25) is 0 Å². The summed E-state index contributed by atoms with van der Waals surface area (Å²) in [6.07, 6.45) is 5.98. The second kappa shape index (κ2) is 7.10. The van der Waals surface area contributed by atoms with E-state index in [0.29, 0.717) is 17.8 Å². The molecule has 0 spiro atoms. The number of aromatic nitrogens is 2. The third-order valence-corrected chi connectivity index (χ3v) is 6.36. The van der Waals surface area contributed by atoms with E-state index in [-0.39, 0.29) is 11.6 Å². The summed E-state index contributed by atoms with van der Waals surface area (Å²) in [4.78, 5) is 19.5. The summed E-state index contributed by atoms with van der Waals surface area (Å²) in [6.45, 7) is 0.471. The molecule has 3 rings (SSSR count). The van der Waals surface area contributed by atoms with Gasteiger partial charge in [0.15, 0.2) is 0 Å². The van der Waals surface area contributed by atoms with Gasteiger partial charge in [0.05, 0.1) is 17.3 Å². The van der Waals surface area contributed by atoms with E-state index in [4.69, 9.17) is 5.11 Å². The number of pyridine rings is 2. The Hall–Kier alpha value is -2.36. The molecule has 26 heavy (non-hydrogen) atoms. The topological polar surface area (TPSA) is 104 Å². The highest BCUT2D eigenvalue weighted by atomic mass is 32.2. The molecule has 0 bridgehead atoms. The highest BCUT2D eigenvalue weighted by Crippen LogP contribution is 2.34. The van der Waals surface area contributed by atoms with E-state index in [1.54, 1.807) is 18.5 Å². The fourth-order valence-electron chi connectivity index (χ4n) is 3.01. The van der Waals surface area contributed by atoms with Crippen molar-refractivity contribution in [2.75, 3.05) is 20.6 Å². The molecule has 2 aromatic rings. The van der Waals surface area contributed by atoms with Crippen molar-refractivity contribution < 1.29 is 18.3 Å². The first-order chi connectivity index (χ1) is 12.3. The van der Waals surface area contributed by atoms with Crippen molar-refractivity contribution in [1.82, 2.24) is 18.6 Å². The monoisotopic (exact) mass is 376 g/mol. The largest absolute Gasteiger partial charge is 0.478 e. The van der Waals surface area contributed by atoms with E-state index in [1.165, 1.54) is 35.0 Å². The molecule has 138 valence electrons. The minimum Gasteiger partial charge on any atom is -0.478 e. The summed E-state index contributed by atoms with van der Waals surface area (Å²) >= 11 is 0. The number of rotatable bonds is 5. The quantitative estimate of drug-likeness (QED) is 0.853. The predicted molar refractivity (Wildman–Crippen MR) is 95.7 cm³/mol. The Labute approximate surface area is 152 Å². The molecule has 0 aromatic carbocycles. The van der Waals surface area contributed by atoms with Gasteiger partial charge in [-0.15, -0.1) is 0 Å². The molecule has 1 saturated heterocycles. The average molecular weight is 376 g/mol. The maximum atomic E-state index is 12.5. The van der Waals surface area contributed by atoms with Crippen LogP contribution in [-0.4, -0.2) is 58.7 Å². The van der Waals surface area contributed by atoms with Crippen LogP contribution >= 0.6 is 0 Å². The Morgan fingerprint density at radius 1 is 1.23 bits per heavy atom. The SMILES string of the molecule is CN(C)S(=O)(=O)N1CCC[C@H]1c1ccc(-c2cncc(C(=O)O)c2)cn1. The molecule has 0 amide bonds. The van der Waals surface area contributed by atoms with Crippen LogP contribution in [0.25, 0.3) is 11.1 Å². The molecule has 8 nitrogen and oxygen atoms in total. The van der Waals surface area contributed by atoms with E-state index in [0.717, 1.165) is 18.4 Å². The van der Waals surface area contributed by atoms with Crippen molar-refractivity contribution in [3.63, 3.8) is 0 Å². The van der Waals surface area contributed by atoms with Gasteiger partial charge in [-0.1, -0.05) is 6.07 Å². The van der Waals surface area contributed by atoms with Gasteiger partial charge in [0.1, 0.15) is 0 Å². The smallest absolute Gasteiger partial charge is 0.337 e. The molecular weight excluding hydrogens is 356 g/mol. The lowest BCUT2D eigenvalue weighted by molar-refractivity contribution is 0.0696. The maximum Gasteiger partial charge on any atom is 0.337 e. The van der Waals surface area contributed by atoms with Crippen LogP contribution in [0, 0.1) is 0 Å². The van der Waals surface area contributed by atoms with Gasteiger partial charge in [0.25, 0.3) is 10.2 Å².